The number of allylic oxidation sites excluding steroid dienone is 4. The molecule has 0 atom stereocenters. The molecule has 0 fully saturated rings. The molecule has 0 nitrogen and oxygen atoms in total. The van der Waals surface area contributed by atoms with E-state index in [0.29, 0.717) is 0 Å². The molecule has 1 aliphatic carbocycles. The maximum atomic E-state index is 3.66. The van der Waals surface area contributed by atoms with Gasteiger partial charge in [0.15, 0.2) is 0 Å². The minimum Gasteiger partial charge on any atom is -0.0651 e. The summed E-state index contributed by atoms with van der Waals surface area (Å²) in [5, 5.41) is 0. The van der Waals surface area contributed by atoms with Gasteiger partial charge >= 0.3 is 0 Å². The largest absolute Gasteiger partial charge is 0.0651 e. The first-order valence-corrected chi connectivity index (χ1v) is 5.87. The second-order valence-corrected chi connectivity index (χ2v) is 4.83. The second kappa shape index (κ2) is 4.33. The summed E-state index contributed by atoms with van der Waals surface area (Å²) >= 11 is 0. The van der Waals surface area contributed by atoms with Crippen LogP contribution in [-0.2, 0) is 0 Å². The van der Waals surface area contributed by atoms with Gasteiger partial charge in [-0.2, -0.15) is 0 Å². The lowest BCUT2D eigenvalue weighted by atomic mass is 9.87. The normalized spacial score (nSPS) is 20.2. The van der Waals surface area contributed by atoms with Crippen molar-refractivity contribution in [2.24, 2.45) is 5.41 Å². The molecule has 1 aliphatic rings. The third-order valence-electron chi connectivity index (χ3n) is 3.22. The fourth-order valence-electron chi connectivity index (χ4n) is 2.20. The highest BCUT2D eigenvalue weighted by Gasteiger charge is 2.28. The van der Waals surface area contributed by atoms with Crippen LogP contribution < -0.4 is 0 Å². The Kier molecular flexibility index (Phi) is 3.58. The molecule has 0 aliphatic heterocycles. The molecule has 0 aromatic carbocycles. The third kappa shape index (κ3) is 2.10. The van der Waals surface area contributed by atoms with E-state index >= 15 is 0 Å². The Morgan fingerprint density at radius 2 is 1.64 bits per heavy atom. The summed E-state index contributed by atoms with van der Waals surface area (Å²) in [7, 11) is 0. The van der Waals surface area contributed by atoms with E-state index in [1.54, 1.807) is 11.1 Å². The van der Waals surface area contributed by atoms with Crippen LogP contribution in [-0.4, -0.2) is 0 Å². The Bertz CT molecular complexity index is 264. The summed E-state index contributed by atoms with van der Waals surface area (Å²) in [4.78, 5) is 0. The molecule has 0 heterocycles. The van der Waals surface area contributed by atoms with Crippen molar-refractivity contribution in [2.75, 3.05) is 0 Å². The molecular formula is C14H23. The lowest BCUT2D eigenvalue weighted by Gasteiger charge is -2.17. The zero-order valence-corrected chi connectivity index (χ0v) is 10.3. The summed E-state index contributed by atoms with van der Waals surface area (Å²) in [5.74, 6) is 0. The number of hydrogen-bond donors (Lipinski definition) is 0. The molecule has 0 bridgehead atoms. The molecule has 0 saturated carbocycles. The van der Waals surface area contributed by atoms with Crippen LogP contribution in [0.3, 0.4) is 0 Å². The highest BCUT2D eigenvalue weighted by atomic mass is 14.3. The Labute approximate surface area is 89.1 Å². The molecule has 14 heavy (non-hydrogen) atoms. The molecule has 0 aromatic heterocycles. The predicted octanol–water partition coefficient (Wildman–Crippen LogP) is 4.67. The first-order chi connectivity index (χ1) is 6.53. The van der Waals surface area contributed by atoms with E-state index in [-0.39, 0.29) is 5.41 Å². The molecule has 79 valence electrons. The molecule has 0 amide bonds. The fraction of sp³-hybridized carbons (Fsp3) is 0.714. The van der Waals surface area contributed by atoms with Gasteiger partial charge in [0.25, 0.3) is 0 Å². The highest BCUT2D eigenvalue weighted by Crippen LogP contribution is 2.42. The van der Waals surface area contributed by atoms with Crippen molar-refractivity contribution < 1.29 is 0 Å². The molecule has 1 rings (SSSR count). The van der Waals surface area contributed by atoms with E-state index in [1.165, 1.54) is 31.3 Å². The molecule has 0 spiro atoms. The lowest BCUT2D eigenvalue weighted by Crippen LogP contribution is -2.06. The van der Waals surface area contributed by atoms with Crippen LogP contribution in [0, 0.1) is 11.5 Å². The molecule has 1 radical (unpaired) electrons. The molecular weight excluding hydrogens is 168 g/mol. The molecule has 0 aromatic rings. The maximum Gasteiger partial charge on any atom is 0.0114 e. The topological polar surface area (TPSA) is 0 Å². The van der Waals surface area contributed by atoms with Gasteiger partial charge in [0.05, 0.1) is 0 Å². The standard InChI is InChI=1S/C14H23/c1-6-8-12-10-14(4,5)11(3)13(12)9-7-2/h6-9H2,1-5H3. The van der Waals surface area contributed by atoms with E-state index in [2.05, 4.69) is 40.7 Å². The zero-order valence-electron chi connectivity index (χ0n) is 10.3. The summed E-state index contributed by atoms with van der Waals surface area (Å²) in [6, 6.07) is 0. The van der Waals surface area contributed by atoms with Gasteiger partial charge in [-0.05, 0) is 37.0 Å². The van der Waals surface area contributed by atoms with Crippen molar-refractivity contribution in [3.05, 3.63) is 22.8 Å². The minimum absolute atomic E-state index is 0.189. The smallest absolute Gasteiger partial charge is 0.0114 e. The molecule has 0 saturated heterocycles. The van der Waals surface area contributed by atoms with Crippen molar-refractivity contribution in [3.8, 4) is 0 Å². The summed E-state index contributed by atoms with van der Waals surface area (Å²) in [5.41, 5.74) is 4.83. The minimum atomic E-state index is 0.189. The maximum absolute atomic E-state index is 3.66. The van der Waals surface area contributed by atoms with Crippen LogP contribution in [0.25, 0.3) is 0 Å². The van der Waals surface area contributed by atoms with Crippen LogP contribution in [0.1, 0.15) is 60.3 Å². The van der Waals surface area contributed by atoms with Crippen LogP contribution in [0.5, 0.6) is 0 Å². The Morgan fingerprint density at radius 3 is 2.14 bits per heavy atom. The Balaban J connectivity index is 2.95. The van der Waals surface area contributed by atoms with Gasteiger partial charge < -0.3 is 0 Å². The number of hydrogen-bond acceptors (Lipinski definition) is 0. The first-order valence-electron chi connectivity index (χ1n) is 5.87. The summed E-state index contributed by atoms with van der Waals surface area (Å²) in [6.07, 6.45) is 8.58. The molecule has 0 unspecified atom stereocenters. The molecule has 0 heteroatoms. The summed E-state index contributed by atoms with van der Waals surface area (Å²) < 4.78 is 0. The Hall–Kier alpha value is -0.520. The first kappa shape index (κ1) is 11.6. The quantitative estimate of drug-likeness (QED) is 0.605. The van der Waals surface area contributed by atoms with E-state index < -0.39 is 0 Å². The van der Waals surface area contributed by atoms with Gasteiger partial charge in [0.2, 0.25) is 0 Å². The van der Waals surface area contributed by atoms with Crippen LogP contribution >= 0.6 is 0 Å². The molecule has 0 N–H and O–H groups in total. The monoisotopic (exact) mass is 191 g/mol. The van der Waals surface area contributed by atoms with Crippen molar-refractivity contribution in [1.29, 1.82) is 0 Å². The van der Waals surface area contributed by atoms with E-state index in [1.807, 2.05) is 0 Å². The van der Waals surface area contributed by atoms with Gasteiger partial charge in [-0.15, -0.1) is 0 Å². The highest BCUT2D eigenvalue weighted by molar-refractivity contribution is 5.43. The predicted molar refractivity (Wildman–Crippen MR) is 63.1 cm³/mol. The van der Waals surface area contributed by atoms with Gasteiger partial charge in [-0.25, -0.2) is 0 Å². The average molecular weight is 191 g/mol. The van der Waals surface area contributed by atoms with Crippen LogP contribution in [0.4, 0.5) is 0 Å². The second-order valence-electron chi connectivity index (χ2n) is 4.83. The van der Waals surface area contributed by atoms with Crippen molar-refractivity contribution >= 4 is 0 Å². The SMILES string of the molecule is CCCC1=[C]C(C)(C)C(C)=C1CCC. The average Bonchev–Trinajstić information content (AvgIpc) is 2.30. The van der Waals surface area contributed by atoms with Crippen molar-refractivity contribution in [2.45, 2.75) is 60.3 Å². The van der Waals surface area contributed by atoms with Crippen molar-refractivity contribution in [1.82, 2.24) is 0 Å². The third-order valence-corrected chi connectivity index (χ3v) is 3.22. The van der Waals surface area contributed by atoms with Crippen molar-refractivity contribution in [3.63, 3.8) is 0 Å². The lowest BCUT2D eigenvalue weighted by molar-refractivity contribution is 0.566. The van der Waals surface area contributed by atoms with Gasteiger partial charge in [-0.3, -0.25) is 0 Å². The van der Waals surface area contributed by atoms with Crippen LogP contribution in [0.2, 0.25) is 0 Å². The van der Waals surface area contributed by atoms with Crippen LogP contribution in [0.15, 0.2) is 16.7 Å². The summed E-state index contributed by atoms with van der Waals surface area (Å²) in [6.45, 7) is 11.3. The Morgan fingerprint density at radius 1 is 1.07 bits per heavy atom. The van der Waals surface area contributed by atoms with Gasteiger partial charge in [0.1, 0.15) is 0 Å². The zero-order chi connectivity index (χ0) is 10.8. The fourth-order valence-corrected chi connectivity index (χ4v) is 2.20. The van der Waals surface area contributed by atoms with Gasteiger partial charge in [-0.1, -0.05) is 46.1 Å². The van der Waals surface area contributed by atoms with Gasteiger partial charge in [0, 0.05) is 5.41 Å². The van der Waals surface area contributed by atoms with E-state index in [9.17, 15) is 0 Å². The van der Waals surface area contributed by atoms with E-state index in [0.717, 1.165) is 0 Å². The number of rotatable bonds is 4. The van der Waals surface area contributed by atoms with E-state index in [4.69, 9.17) is 0 Å².